The molecule has 5 heteroatoms. The first-order valence-electron chi connectivity index (χ1n) is 10.8. The van der Waals surface area contributed by atoms with Gasteiger partial charge in [0.1, 0.15) is 0 Å². The summed E-state index contributed by atoms with van der Waals surface area (Å²) in [6.07, 6.45) is 11.4. The summed E-state index contributed by atoms with van der Waals surface area (Å²) in [4.78, 5) is 2.60. The highest BCUT2D eigenvalue weighted by molar-refractivity contribution is 6.25. The van der Waals surface area contributed by atoms with Gasteiger partial charge in [-0.1, -0.05) is 67.9 Å². The Bertz CT molecular complexity index is 667. The molecule has 0 aliphatic heterocycles. The zero-order valence-corrected chi connectivity index (χ0v) is 19.5. The van der Waals surface area contributed by atoms with E-state index in [4.69, 9.17) is 16.3 Å². The van der Waals surface area contributed by atoms with Crippen molar-refractivity contribution in [1.82, 2.24) is 10.2 Å². The van der Waals surface area contributed by atoms with Crippen molar-refractivity contribution in [2.24, 2.45) is 5.92 Å². The van der Waals surface area contributed by atoms with E-state index in [1.807, 2.05) is 12.1 Å². The largest absolute Gasteiger partial charge is 0.359 e. The summed E-state index contributed by atoms with van der Waals surface area (Å²) in [6.45, 7) is 7.68. The fourth-order valence-corrected chi connectivity index (χ4v) is 4.84. The van der Waals surface area contributed by atoms with Gasteiger partial charge in [-0.3, -0.25) is 0 Å². The van der Waals surface area contributed by atoms with Crippen LogP contribution in [0.2, 0.25) is 0 Å². The monoisotopic (exact) mass is 438 g/mol. The number of halogens is 2. The van der Waals surface area contributed by atoms with Crippen LogP contribution in [-0.2, 0) is 4.74 Å². The number of benzene rings is 1. The van der Waals surface area contributed by atoms with E-state index < -0.39 is 5.06 Å². The van der Waals surface area contributed by atoms with Crippen molar-refractivity contribution in [1.29, 1.82) is 0 Å². The summed E-state index contributed by atoms with van der Waals surface area (Å²) in [5.41, 5.74) is 2.43. The first-order valence-corrected chi connectivity index (χ1v) is 11.1. The molecule has 0 amide bonds. The average molecular weight is 439 g/mol. The van der Waals surface area contributed by atoms with Crippen molar-refractivity contribution < 1.29 is 4.74 Å². The van der Waals surface area contributed by atoms with Crippen LogP contribution in [0.15, 0.2) is 48.6 Å². The molecule has 0 bridgehead atoms. The maximum Gasteiger partial charge on any atom is 0.167 e. The van der Waals surface area contributed by atoms with Gasteiger partial charge >= 0.3 is 0 Å². The molecule has 1 aromatic rings. The highest BCUT2D eigenvalue weighted by atomic mass is 35.5. The second-order valence-electron chi connectivity index (χ2n) is 7.96. The number of allylic oxidation sites excluding steroid dienone is 2. The Morgan fingerprint density at radius 3 is 2.34 bits per heavy atom. The highest BCUT2D eigenvalue weighted by Crippen LogP contribution is 2.37. The molecule has 0 aromatic heterocycles. The Morgan fingerprint density at radius 1 is 1.10 bits per heavy atom. The van der Waals surface area contributed by atoms with Crippen LogP contribution in [0.1, 0.15) is 45.1 Å². The molecule has 1 N–H and O–H groups in total. The maximum absolute atomic E-state index is 6.80. The van der Waals surface area contributed by atoms with Crippen molar-refractivity contribution in [2.75, 3.05) is 26.7 Å². The van der Waals surface area contributed by atoms with Crippen LogP contribution in [0.25, 0.3) is 5.57 Å². The van der Waals surface area contributed by atoms with E-state index in [0.29, 0.717) is 6.04 Å². The average Bonchev–Trinajstić information content (AvgIpc) is 2.75. The van der Waals surface area contributed by atoms with Crippen LogP contribution in [0.3, 0.4) is 0 Å². The molecule has 1 aromatic carbocycles. The molecule has 3 nitrogen and oxygen atoms in total. The Kier molecular flexibility index (Phi) is 9.71. The lowest BCUT2D eigenvalue weighted by Gasteiger charge is -2.38. The predicted octanol–water partition coefficient (Wildman–Crippen LogP) is 5.50. The quantitative estimate of drug-likeness (QED) is 0.541. The lowest BCUT2D eigenvalue weighted by molar-refractivity contribution is 0.0658. The van der Waals surface area contributed by atoms with E-state index in [1.165, 1.54) is 36.8 Å². The first-order chi connectivity index (χ1) is 13.6. The number of hydrogen-bond acceptors (Lipinski definition) is 3. The normalized spacial score (nSPS) is 29.4. The highest BCUT2D eigenvalue weighted by Gasteiger charge is 2.36. The number of nitrogens with one attached hydrogen (secondary N) is 1. The molecule has 0 radical (unpaired) electrons. The zero-order valence-electron chi connectivity index (χ0n) is 17.9. The van der Waals surface area contributed by atoms with E-state index in [0.717, 1.165) is 25.7 Å². The first kappa shape index (κ1) is 24.4. The Morgan fingerprint density at radius 2 is 1.76 bits per heavy atom. The number of nitrogens with zero attached hydrogens (tertiary/aromatic N) is 1. The molecule has 1 fully saturated rings. The van der Waals surface area contributed by atoms with Crippen LogP contribution < -0.4 is 5.32 Å². The number of ether oxygens (including phenoxy) is 1. The van der Waals surface area contributed by atoms with Crippen molar-refractivity contribution in [3.05, 3.63) is 54.1 Å². The number of rotatable bonds is 8. The third kappa shape index (κ3) is 6.08. The molecule has 2 atom stereocenters. The van der Waals surface area contributed by atoms with Gasteiger partial charge in [-0.25, -0.2) is 0 Å². The summed E-state index contributed by atoms with van der Waals surface area (Å²) < 4.78 is 5.68. The molecular weight excluding hydrogens is 403 g/mol. The summed E-state index contributed by atoms with van der Waals surface area (Å²) in [7, 11) is 1.70. The van der Waals surface area contributed by atoms with Crippen molar-refractivity contribution >= 4 is 29.6 Å². The second kappa shape index (κ2) is 11.5. The maximum atomic E-state index is 6.80. The lowest BCUT2D eigenvalue weighted by Crippen LogP contribution is -2.46. The lowest BCUT2D eigenvalue weighted by atomic mass is 9.87. The molecule has 2 aliphatic carbocycles. The standard InChI is InChI=1S/C24H35ClN2O.ClH/c1-4-27(5-2)23-13-11-22(12-14-23)26-18-21-17-20(15-16-24(21,25)28-3)19-9-7-6-8-10-19;/h6-10,15-17,21-23,26H,4-5,11-14,18H2,1-3H3;1H. The van der Waals surface area contributed by atoms with Crippen LogP contribution in [0, 0.1) is 5.92 Å². The van der Waals surface area contributed by atoms with Crippen LogP contribution in [0.4, 0.5) is 0 Å². The van der Waals surface area contributed by atoms with Gasteiger partial charge in [-0.05, 0) is 56.0 Å². The van der Waals surface area contributed by atoms with Gasteiger partial charge in [-0.2, -0.15) is 0 Å². The van der Waals surface area contributed by atoms with Crippen molar-refractivity contribution in [3.8, 4) is 0 Å². The van der Waals surface area contributed by atoms with Crippen molar-refractivity contribution in [2.45, 2.75) is 56.7 Å². The summed E-state index contributed by atoms with van der Waals surface area (Å²) >= 11 is 6.80. The summed E-state index contributed by atoms with van der Waals surface area (Å²) in [5.74, 6) is 0.0971. The molecular formula is C24H36Cl2N2O. The Labute approximate surface area is 187 Å². The van der Waals surface area contributed by atoms with E-state index in [2.05, 4.69) is 60.5 Å². The van der Waals surface area contributed by atoms with Gasteiger partial charge in [0.15, 0.2) is 5.06 Å². The molecule has 0 heterocycles. The van der Waals surface area contributed by atoms with Gasteiger partial charge in [-0.15, -0.1) is 12.4 Å². The third-order valence-electron chi connectivity index (χ3n) is 6.45. The second-order valence-corrected chi connectivity index (χ2v) is 8.56. The molecule has 2 unspecified atom stereocenters. The Balaban J connectivity index is 0.00000300. The minimum atomic E-state index is -0.774. The molecule has 29 heavy (non-hydrogen) atoms. The summed E-state index contributed by atoms with van der Waals surface area (Å²) in [6, 6.07) is 11.8. The van der Waals surface area contributed by atoms with Gasteiger partial charge in [0, 0.05) is 31.7 Å². The SMILES string of the molecule is CCN(CC)C1CCC(NCC2C=C(c3ccccc3)C=CC2(Cl)OC)CC1.Cl. The molecule has 0 saturated heterocycles. The smallest absolute Gasteiger partial charge is 0.167 e. The minimum absolute atomic E-state index is 0. The third-order valence-corrected chi connectivity index (χ3v) is 7.01. The summed E-state index contributed by atoms with van der Waals surface area (Å²) in [5, 5.41) is 3.01. The Hall–Kier alpha value is -0.840. The zero-order chi connectivity index (χ0) is 20.0. The fourth-order valence-electron chi connectivity index (χ4n) is 4.63. The molecule has 1 saturated carbocycles. The fraction of sp³-hybridized carbons (Fsp3) is 0.583. The van der Waals surface area contributed by atoms with Gasteiger partial charge in [0.2, 0.25) is 0 Å². The number of hydrogen-bond donors (Lipinski definition) is 1. The van der Waals surface area contributed by atoms with Crippen LogP contribution >= 0.6 is 24.0 Å². The van der Waals surface area contributed by atoms with Crippen LogP contribution in [-0.4, -0.2) is 48.8 Å². The van der Waals surface area contributed by atoms with E-state index in [9.17, 15) is 0 Å². The van der Waals surface area contributed by atoms with Crippen LogP contribution in [0.5, 0.6) is 0 Å². The molecule has 3 rings (SSSR count). The molecule has 162 valence electrons. The van der Waals surface area contributed by atoms with Gasteiger partial charge < -0.3 is 15.0 Å². The predicted molar refractivity (Wildman–Crippen MR) is 127 cm³/mol. The van der Waals surface area contributed by atoms with E-state index in [1.54, 1.807) is 7.11 Å². The topological polar surface area (TPSA) is 24.5 Å². The molecule has 0 spiro atoms. The van der Waals surface area contributed by atoms with E-state index in [-0.39, 0.29) is 18.3 Å². The number of methoxy groups -OCH3 is 1. The van der Waals surface area contributed by atoms with Gasteiger partial charge in [0.05, 0.1) is 0 Å². The van der Waals surface area contributed by atoms with Gasteiger partial charge in [0.25, 0.3) is 0 Å². The van der Waals surface area contributed by atoms with Crippen molar-refractivity contribution in [3.63, 3.8) is 0 Å². The number of alkyl halides is 1. The minimum Gasteiger partial charge on any atom is -0.359 e. The van der Waals surface area contributed by atoms with E-state index >= 15 is 0 Å². The molecule has 2 aliphatic rings.